The van der Waals surface area contributed by atoms with Crippen molar-refractivity contribution in [3.8, 4) is 0 Å². The molecule has 0 aliphatic heterocycles. The van der Waals surface area contributed by atoms with Gasteiger partial charge in [-0.2, -0.15) is 0 Å². The van der Waals surface area contributed by atoms with E-state index >= 15 is 0 Å². The average Bonchev–Trinajstić information content (AvgIpc) is 3.07. The van der Waals surface area contributed by atoms with E-state index in [4.69, 9.17) is 6.57 Å². The molecule has 0 fully saturated rings. The van der Waals surface area contributed by atoms with E-state index < -0.39 is 0 Å². The van der Waals surface area contributed by atoms with Gasteiger partial charge in [0.2, 0.25) is 5.52 Å². The Hall–Kier alpha value is -3.64. The second-order valence-electron chi connectivity index (χ2n) is 10.8. The number of pyridine rings is 2. The summed E-state index contributed by atoms with van der Waals surface area (Å²) in [6.07, 6.45) is 3.22. The second-order valence-corrected chi connectivity index (χ2v) is 10.8. The van der Waals surface area contributed by atoms with E-state index in [1.54, 1.807) is 0 Å². The number of hydrogen-bond acceptors (Lipinski definition) is 0. The second kappa shape index (κ2) is 6.45. The van der Waals surface area contributed by atoms with Gasteiger partial charge in [-0.25, -0.2) is 9.41 Å². The summed E-state index contributed by atoms with van der Waals surface area (Å²) in [6.45, 7) is 18.9. The van der Waals surface area contributed by atoms with Crippen LogP contribution in [0.4, 0.5) is 5.69 Å². The Morgan fingerprint density at radius 2 is 1.73 bits per heavy atom. The van der Waals surface area contributed by atoms with Gasteiger partial charge in [0.15, 0.2) is 11.9 Å². The normalized spacial score (nSPS) is 12.6. The highest BCUT2D eigenvalue weighted by molar-refractivity contribution is 6.26. The lowest BCUT2D eigenvalue weighted by molar-refractivity contribution is -0.643. The molecule has 0 saturated carbocycles. The molecule has 0 radical (unpaired) electrons. The Labute approximate surface area is 194 Å². The molecule has 0 N–H and O–H groups in total. The number of rotatable bonds is 1. The Bertz CT molecular complexity index is 1800. The highest BCUT2D eigenvalue weighted by Gasteiger charge is 2.25. The first-order valence-electron chi connectivity index (χ1n) is 11.6. The van der Waals surface area contributed by atoms with Gasteiger partial charge in [-0.1, -0.05) is 32.9 Å². The summed E-state index contributed by atoms with van der Waals surface area (Å²) < 4.78 is 4.74. The Balaban J connectivity index is 1.98. The van der Waals surface area contributed by atoms with Crippen molar-refractivity contribution in [2.24, 2.45) is 12.5 Å². The maximum atomic E-state index is 7.56. The summed E-state index contributed by atoms with van der Waals surface area (Å²) >= 11 is 0. The Kier molecular flexibility index (Phi) is 3.91. The van der Waals surface area contributed by atoms with Gasteiger partial charge in [-0.3, -0.25) is 0 Å². The van der Waals surface area contributed by atoms with Crippen LogP contribution in [0.3, 0.4) is 0 Å². The van der Waals surface area contributed by atoms with Crippen molar-refractivity contribution in [2.75, 3.05) is 0 Å². The molecule has 0 aliphatic carbocycles. The molecule has 3 aromatic heterocycles. The van der Waals surface area contributed by atoms with E-state index in [0.717, 1.165) is 11.8 Å². The van der Waals surface area contributed by atoms with Gasteiger partial charge >= 0.3 is 0 Å². The minimum Gasteiger partial charge on any atom is -0.308 e. The zero-order chi connectivity index (χ0) is 23.2. The third-order valence-electron chi connectivity index (χ3n) is 7.17. The monoisotopic (exact) mass is 430 g/mol. The fourth-order valence-electron chi connectivity index (χ4n) is 5.74. The summed E-state index contributed by atoms with van der Waals surface area (Å²) in [5, 5.41) is 6.31. The minimum absolute atomic E-state index is 0.210. The standard InChI is InChI=1S/C30H28N3/c1-17-12-23-22-15-21(31-6)8-9-24(22)33-25-14-19(16-30(3,4)5)13-20-10-11-32(7)29(27(20)25)26(18(17)2)28(23)33/h8-15H,16H2,1-5,7H3/q+1. The van der Waals surface area contributed by atoms with Crippen LogP contribution in [0.5, 0.6) is 0 Å². The Morgan fingerprint density at radius 1 is 0.939 bits per heavy atom. The van der Waals surface area contributed by atoms with Crippen molar-refractivity contribution >= 4 is 54.7 Å². The van der Waals surface area contributed by atoms with E-state index in [1.165, 1.54) is 60.3 Å². The van der Waals surface area contributed by atoms with Crippen LogP contribution >= 0.6 is 0 Å². The van der Waals surface area contributed by atoms with Gasteiger partial charge < -0.3 is 4.40 Å². The van der Waals surface area contributed by atoms with E-state index in [0.29, 0.717) is 5.69 Å². The van der Waals surface area contributed by atoms with Crippen LogP contribution in [0.25, 0.3) is 53.8 Å². The number of aryl methyl sites for hydroxylation is 3. The first-order valence-corrected chi connectivity index (χ1v) is 11.6. The predicted octanol–water partition coefficient (Wildman–Crippen LogP) is 7.57. The van der Waals surface area contributed by atoms with Crippen molar-refractivity contribution in [3.05, 3.63) is 76.8 Å². The molecule has 0 amide bonds. The molecular formula is C30H28N3+. The lowest BCUT2D eigenvalue weighted by Crippen LogP contribution is -2.29. The maximum Gasteiger partial charge on any atom is 0.224 e. The summed E-state index contributed by atoms with van der Waals surface area (Å²) in [5.41, 5.74) is 9.86. The molecule has 0 atom stereocenters. The molecule has 0 bridgehead atoms. The molecular weight excluding hydrogens is 402 g/mol. The average molecular weight is 431 g/mol. The van der Waals surface area contributed by atoms with Crippen LogP contribution in [0.2, 0.25) is 0 Å². The fraction of sp³-hybridized carbons (Fsp3) is 0.267. The number of benzene rings is 3. The number of aromatic nitrogens is 2. The summed E-state index contributed by atoms with van der Waals surface area (Å²) in [6, 6.07) is 15.5. The van der Waals surface area contributed by atoms with E-state index in [1.807, 2.05) is 6.07 Å². The third-order valence-corrected chi connectivity index (χ3v) is 7.17. The zero-order valence-corrected chi connectivity index (χ0v) is 20.2. The number of hydrogen-bond donors (Lipinski definition) is 0. The lowest BCUT2D eigenvalue weighted by atomic mass is 9.87. The molecule has 0 saturated heterocycles. The molecule has 6 aromatic rings. The van der Waals surface area contributed by atoms with Gasteiger partial charge in [-0.15, -0.1) is 0 Å². The van der Waals surface area contributed by atoms with Crippen LogP contribution in [0.1, 0.15) is 37.5 Å². The summed E-state index contributed by atoms with van der Waals surface area (Å²) in [4.78, 5) is 3.72. The van der Waals surface area contributed by atoms with Crippen LogP contribution in [0.15, 0.2) is 48.7 Å². The highest BCUT2D eigenvalue weighted by atomic mass is 15.0. The quantitative estimate of drug-likeness (QED) is 0.110. The largest absolute Gasteiger partial charge is 0.308 e. The molecule has 3 aromatic carbocycles. The molecule has 0 spiro atoms. The Morgan fingerprint density at radius 3 is 2.45 bits per heavy atom. The van der Waals surface area contributed by atoms with Crippen molar-refractivity contribution in [2.45, 2.75) is 41.0 Å². The van der Waals surface area contributed by atoms with Gasteiger partial charge in [-0.05, 0) is 77.4 Å². The summed E-state index contributed by atoms with van der Waals surface area (Å²) in [5.74, 6) is 0. The molecule has 3 heterocycles. The summed E-state index contributed by atoms with van der Waals surface area (Å²) in [7, 11) is 2.16. The van der Waals surface area contributed by atoms with Gasteiger partial charge in [0, 0.05) is 11.5 Å². The lowest BCUT2D eigenvalue weighted by Gasteiger charge is -2.20. The molecule has 3 heteroatoms. The van der Waals surface area contributed by atoms with E-state index in [-0.39, 0.29) is 5.41 Å². The van der Waals surface area contributed by atoms with Gasteiger partial charge in [0.1, 0.15) is 7.05 Å². The van der Waals surface area contributed by atoms with Crippen molar-refractivity contribution < 1.29 is 4.57 Å². The van der Waals surface area contributed by atoms with Crippen molar-refractivity contribution in [3.63, 3.8) is 0 Å². The topological polar surface area (TPSA) is 12.6 Å². The van der Waals surface area contributed by atoms with Gasteiger partial charge in [0.05, 0.1) is 33.9 Å². The van der Waals surface area contributed by atoms with E-state index in [2.05, 4.69) is 98.1 Å². The highest BCUT2D eigenvalue weighted by Crippen LogP contribution is 2.43. The maximum absolute atomic E-state index is 7.56. The van der Waals surface area contributed by atoms with Crippen LogP contribution < -0.4 is 4.57 Å². The van der Waals surface area contributed by atoms with Crippen molar-refractivity contribution in [1.29, 1.82) is 0 Å². The first-order chi connectivity index (χ1) is 15.7. The number of fused-ring (bicyclic) bond motifs is 5. The minimum atomic E-state index is 0.210. The van der Waals surface area contributed by atoms with Crippen LogP contribution in [-0.2, 0) is 13.5 Å². The predicted molar refractivity (Wildman–Crippen MR) is 139 cm³/mol. The van der Waals surface area contributed by atoms with Crippen molar-refractivity contribution in [1.82, 2.24) is 4.40 Å². The van der Waals surface area contributed by atoms with Crippen LogP contribution in [-0.4, -0.2) is 4.40 Å². The smallest absolute Gasteiger partial charge is 0.224 e. The first kappa shape index (κ1) is 20.0. The number of nitrogens with zero attached hydrogens (tertiary/aromatic N) is 3. The molecule has 0 unspecified atom stereocenters. The van der Waals surface area contributed by atoms with Crippen LogP contribution in [0, 0.1) is 25.8 Å². The third kappa shape index (κ3) is 2.70. The zero-order valence-electron chi connectivity index (χ0n) is 20.2. The molecule has 6 rings (SSSR count). The molecule has 3 nitrogen and oxygen atoms in total. The van der Waals surface area contributed by atoms with Gasteiger partial charge in [0.25, 0.3) is 0 Å². The SMILES string of the molecule is [C-]#[N+]c1ccc2c(c1)c1cc(C)c(C)c3c1n2c1cc(CC(C)(C)C)cc2cc[n+](C)c3c21. The molecule has 33 heavy (non-hydrogen) atoms. The fourth-order valence-corrected chi connectivity index (χ4v) is 5.74. The molecule has 0 aliphatic rings. The van der Waals surface area contributed by atoms with E-state index in [9.17, 15) is 0 Å². The molecule has 162 valence electrons.